The van der Waals surface area contributed by atoms with Crippen molar-refractivity contribution < 1.29 is 4.79 Å². The summed E-state index contributed by atoms with van der Waals surface area (Å²) in [6.45, 7) is 0.521. The molecule has 0 saturated carbocycles. The van der Waals surface area contributed by atoms with Crippen molar-refractivity contribution in [1.29, 1.82) is 0 Å². The van der Waals surface area contributed by atoms with Gasteiger partial charge in [0.15, 0.2) is 0 Å². The van der Waals surface area contributed by atoms with Gasteiger partial charge in [-0.05, 0) is 17.7 Å². The molecule has 1 amide bonds. The van der Waals surface area contributed by atoms with Crippen LogP contribution in [0.4, 0.5) is 5.82 Å². The van der Waals surface area contributed by atoms with E-state index >= 15 is 0 Å². The summed E-state index contributed by atoms with van der Waals surface area (Å²) in [6, 6.07) is 13.3. The van der Waals surface area contributed by atoms with E-state index in [1.54, 1.807) is 25.4 Å². The first-order valence-electron chi connectivity index (χ1n) is 5.75. The van der Waals surface area contributed by atoms with Crippen LogP contribution in [0, 0.1) is 0 Å². The Labute approximate surface area is 106 Å². The highest BCUT2D eigenvalue weighted by atomic mass is 16.1. The third kappa shape index (κ3) is 3.07. The van der Waals surface area contributed by atoms with Crippen LogP contribution in [0.1, 0.15) is 15.9 Å². The number of aromatic nitrogens is 1. The lowest BCUT2D eigenvalue weighted by atomic mass is 10.2. The number of pyridine rings is 1. The third-order valence-corrected chi connectivity index (χ3v) is 2.58. The Bertz CT molecular complexity index is 508. The molecular weight excluding hydrogens is 226 g/mol. The number of hydrogen-bond donors (Lipinski definition) is 2. The molecule has 0 saturated heterocycles. The van der Waals surface area contributed by atoms with Crippen LogP contribution in [-0.4, -0.2) is 17.9 Å². The van der Waals surface area contributed by atoms with Gasteiger partial charge in [-0.15, -0.1) is 0 Å². The van der Waals surface area contributed by atoms with Gasteiger partial charge in [-0.2, -0.15) is 0 Å². The Morgan fingerprint density at radius 3 is 2.56 bits per heavy atom. The summed E-state index contributed by atoms with van der Waals surface area (Å²) in [5.74, 6) is 0.628. The van der Waals surface area contributed by atoms with E-state index in [1.807, 2.05) is 30.3 Å². The average molecular weight is 241 g/mol. The molecule has 2 N–H and O–H groups in total. The molecule has 2 aromatic rings. The molecule has 2 rings (SSSR count). The van der Waals surface area contributed by atoms with Crippen molar-refractivity contribution in [3.63, 3.8) is 0 Å². The van der Waals surface area contributed by atoms with Crippen molar-refractivity contribution in [1.82, 2.24) is 10.3 Å². The van der Waals surface area contributed by atoms with Gasteiger partial charge in [0.2, 0.25) is 0 Å². The van der Waals surface area contributed by atoms with E-state index in [9.17, 15) is 4.79 Å². The Balaban J connectivity index is 1.95. The van der Waals surface area contributed by atoms with Crippen molar-refractivity contribution in [2.24, 2.45) is 0 Å². The molecule has 92 valence electrons. The predicted octanol–water partition coefficient (Wildman–Crippen LogP) is 2.05. The maximum absolute atomic E-state index is 11.8. The van der Waals surface area contributed by atoms with Crippen molar-refractivity contribution in [3.8, 4) is 0 Å². The van der Waals surface area contributed by atoms with Gasteiger partial charge in [-0.3, -0.25) is 4.79 Å². The number of anilines is 1. The molecule has 0 bridgehead atoms. The van der Waals surface area contributed by atoms with Crippen molar-refractivity contribution in [2.75, 3.05) is 12.4 Å². The van der Waals surface area contributed by atoms with Gasteiger partial charge in [-0.1, -0.05) is 30.3 Å². The Kier molecular flexibility index (Phi) is 3.91. The minimum atomic E-state index is -0.117. The number of nitrogens with zero attached hydrogens (tertiary/aromatic N) is 1. The molecule has 18 heavy (non-hydrogen) atoms. The smallest absolute Gasteiger partial charge is 0.253 e. The Morgan fingerprint density at radius 1 is 1.17 bits per heavy atom. The van der Waals surface area contributed by atoms with Gasteiger partial charge in [0.25, 0.3) is 5.91 Å². The number of hydrogen-bond acceptors (Lipinski definition) is 3. The van der Waals surface area contributed by atoms with Crippen molar-refractivity contribution >= 4 is 11.7 Å². The maximum Gasteiger partial charge on any atom is 0.253 e. The van der Waals surface area contributed by atoms with E-state index in [4.69, 9.17) is 0 Å². The van der Waals surface area contributed by atoms with Crippen LogP contribution in [0.15, 0.2) is 48.7 Å². The zero-order valence-electron chi connectivity index (χ0n) is 10.2. The highest BCUT2D eigenvalue weighted by Gasteiger charge is 2.05. The van der Waals surface area contributed by atoms with Crippen LogP contribution >= 0.6 is 0 Å². The molecular formula is C14H15N3O. The van der Waals surface area contributed by atoms with E-state index in [0.717, 1.165) is 11.4 Å². The lowest BCUT2D eigenvalue weighted by Crippen LogP contribution is -2.22. The normalized spacial score (nSPS) is 9.83. The zero-order valence-corrected chi connectivity index (χ0v) is 10.2. The monoisotopic (exact) mass is 241 g/mol. The van der Waals surface area contributed by atoms with E-state index in [0.29, 0.717) is 12.1 Å². The summed E-state index contributed by atoms with van der Waals surface area (Å²) in [5, 5.41) is 5.76. The summed E-state index contributed by atoms with van der Waals surface area (Å²) in [7, 11) is 1.79. The van der Waals surface area contributed by atoms with Gasteiger partial charge in [0, 0.05) is 19.8 Å². The van der Waals surface area contributed by atoms with Crippen LogP contribution in [0.25, 0.3) is 0 Å². The van der Waals surface area contributed by atoms with E-state index in [1.165, 1.54) is 0 Å². The highest BCUT2D eigenvalue weighted by Crippen LogP contribution is 2.04. The molecule has 4 heteroatoms. The molecule has 1 heterocycles. The molecule has 4 nitrogen and oxygen atoms in total. The van der Waals surface area contributed by atoms with Gasteiger partial charge in [0.1, 0.15) is 5.82 Å². The lowest BCUT2D eigenvalue weighted by Gasteiger charge is -2.05. The summed E-state index contributed by atoms with van der Waals surface area (Å²) in [6.07, 6.45) is 1.56. The first kappa shape index (κ1) is 12.1. The number of benzene rings is 1. The molecule has 0 atom stereocenters. The predicted molar refractivity (Wildman–Crippen MR) is 71.4 cm³/mol. The van der Waals surface area contributed by atoms with Gasteiger partial charge in [-0.25, -0.2) is 4.98 Å². The van der Waals surface area contributed by atoms with Gasteiger partial charge < -0.3 is 10.6 Å². The van der Waals surface area contributed by atoms with Gasteiger partial charge in [0.05, 0.1) is 5.56 Å². The molecule has 0 spiro atoms. The SMILES string of the molecule is CNc1ccc(C(=O)NCc2ccccc2)cn1. The molecule has 0 aliphatic heterocycles. The maximum atomic E-state index is 11.8. The highest BCUT2D eigenvalue weighted by molar-refractivity contribution is 5.93. The van der Waals surface area contributed by atoms with Crippen LogP contribution in [-0.2, 0) is 6.54 Å². The molecule has 0 aliphatic carbocycles. The number of carbonyl (C=O) groups excluding carboxylic acids is 1. The Morgan fingerprint density at radius 2 is 1.94 bits per heavy atom. The fraction of sp³-hybridized carbons (Fsp3) is 0.143. The zero-order chi connectivity index (χ0) is 12.8. The summed E-state index contributed by atoms with van der Waals surface area (Å²) in [5.41, 5.74) is 1.63. The molecule has 0 aliphatic rings. The fourth-order valence-corrected chi connectivity index (χ4v) is 1.56. The largest absolute Gasteiger partial charge is 0.373 e. The number of carbonyl (C=O) groups is 1. The number of nitrogens with one attached hydrogen (secondary N) is 2. The van der Waals surface area contributed by atoms with Crippen LogP contribution < -0.4 is 10.6 Å². The first-order valence-corrected chi connectivity index (χ1v) is 5.75. The standard InChI is InChI=1S/C14H15N3O/c1-15-13-8-7-12(10-16-13)14(18)17-9-11-5-3-2-4-6-11/h2-8,10H,9H2,1H3,(H,15,16)(H,17,18). The lowest BCUT2D eigenvalue weighted by molar-refractivity contribution is 0.0950. The van der Waals surface area contributed by atoms with Crippen LogP contribution in [0.5, 0.6) is 0 Å². The Hall–Kier alpha value is -2.36. The number of amides is 1. The third-order valence-electron chi connectivity index (χ3n) is 2.58. The van der Waals surface area contributed by atoms with Crippen LogP contribution in [0.3, 0.4) is 0 Å². The number of rotatable bonds is 4. The average Bonchev–Trinajstić information content (AvgIpc) is 2.46. The first-order chi connectivity index (χ1) is 8.79. The molecule has 0 unspecified atom stereocenters. The van der Waals surface area contributed by atoms with Gasteiger partial charge >= 0.3 is 0 Å². The summed E-state index contributed by atoms with van der Waals surface area (Å²) < 4.78 is 0. The van der Waals surface area contributed by atoms with Crippen LogP contribution in [0.2, 0.25) is 0 Å². The summed E-state index contributed by atoms with van der Waals surface area (Å²) >= 11 is 0. The second-order valence-corrected chi connectivity index (χ2v) is 3.85. The van der Waals surface area contributed by atoms with Crippen molar-refractivity contribution in [2.45, 2.75) is 6.54 Å². The van der Waals surface area contributed by atoms with E-state index < -0.39 is 0 Å². The summed E-state index contributed by atoms with van der Waals surface area (Å²) in [4.78, 5) is 15.9. The molecule has 0 radical (unpaired) electrons. The molecule has 0 fully saturated rings. The second-order valence-electron chi connectivity index (χ2n) is 3.85. The fourth-order valence-electron chi connectivity index (χ4n) is 1.56. The molecule has 1 aromatic heterocycles. The minimum absolute atomic E-state index is 0.117. The quantitative estimate of drug-likeness (QED) is 0.861. The van der Waals surface area contributed by atoms with E-state index in [-0.39, 0.29) is 5.91 Å². The second kappa shape index (κ2) is 5.82. The molecule has 1 aromatic carbocycles. The minimum Gasteiger partial charge on any atom is -0.373 e. The topological polar surface area (TPSA) is 54.0 Å². The van der Waals surface area contributed by atoms with E-state index in [2.05, 4.69) is 15.6 Å². The van der Waals surface area contributed by atoms with Crippen molar-refractivity contribution in [3.05, 3.63) is 59.8 Å².